The third kappa shape index (κ3) is 5.12. The van der Waals surface area contributed by atoms with E-state index in [1.54, 1.807) is 30.5 Å². The van der Waals surface area contributed by atoms with E-state index in [0.29, 0.717) is 24.3 Å². The van der Waals surface area contributed by atoms with Crippen molar-refractivity contribution < 1.29 is 13.2 Å². The number of rotatable bonds is 8. The molecule has 0 aliphatic rings. The van der Waals surface area contributed by atoms with Crippen molar-refractivity contribution in [3.05, 3.63) is 114 Å². The first kappa shape index (κ1) is 22.3. The van der Waals surface area contributed by atoms with E-state index in [1.165, 1.54) is 35.6 Å². The Balaban J connectivity index is 1.43. The van der Waals surface area contributed by atoms with Crippen LogP contribution in [0.3, 0.4) is 0 Å². The molecule has 1 amide bonds. The van der Waals surface area contributed by atoms with Crippen LogP contribution in [-0.4, -0.2) is 31.2 Å². The Bertz CT molecular complexity index is 1320. The van der Waals surface area contributed by atoms with Gasteiger partial charge in [0.1, 0.15) is 0 Å². The molecule has 7 nitrogen and oxygen atoms in total. The monoisotopic (exact) mass is 460 g/mol. The molecule has 4 aromatic rings. The van der Waals surface area contributed by atoms with Crippen LogP contribution in [-0.2, 0) is 23.1 Å². The summed E-state index contributed by atoms with van der Waals surface area (Å²) in [5.74, 6) is -0.274. The second kappa shape index (κ2) is 9.70. The SMILES string of the molecule is CN(c1ccccc1)S(=O)(=O)c1ccc(C(=O)NCc2ccccc2Cn2cccn2)cc1. The number of nitrogens with one attached hydrogen (secondary N) is 1. The van der Waals surface area contributed by atoms with Crippen molar-refractivity contribution in [1.29, 1.82) is 0 Å². The Labute approximate surface area is 193 Å². The van der Waals surface area contributed by atoms with Gasteiger partial charge in [0, 0.05) is 31.5 Å². The van der Waals surface area contributed by atoms with Gasteiger partial charge in [0.15, 0.2) is 0 Å². The zero-order valence-corrected chi connectivity index (χ0v) is 18.9. The van der Waals surface area contributed by atoms with Gasteiger partial charge in [-0.2, -0.15) is 5.10 Å². The highest BCUT2D eigenvalue weighted by atomic mass is 32.2. The molecular weight excluding hydrogens is 436 g/mol. The van der Waals surface area contributed by atoms with Crippen molar-refractivity contribution in [1.82, 2.24) is 15.1 Å². The molecule has 3 aromatic carbocycles. The number of anilines is 1. The zero-order valence-electron chi connectivity index (χ0n) is 18.1. The van der Waals surface area contributed by atoms with E-state index in [1.807, 2.05) is 47.3 Å². The van der Waals surface area contributed by atoms with E-state index < -0.39 is 10.0 Å². The third-order valence-corrected chi connectivity index (χ3v) is 7.14. The van der Waals surface area contributed by atoms with Gasteiger partial charge in [-0.05, 0) is 53.6 Å². The largest absolute Gasteiger partial charge is 0.348 e. The molecule has 1 aromatic heterocycles. The van der Waals surface area contributed by atoms with Crippen LogP contribution in [0, 0.1) is 0 Å². The minimum absolute atomic E-state index is 0.120. The van der Waals surface area contributed by atoms with Crippen molar-refractivity contribution in [2.24, 2.45) is 0 Å². The summed E-state index contributed by atoms with van der Waals surface area (Å²) in [5.41, 5.74) is 3.01. The van der Waals surface area contributed by atoms with Crippen molar-refractivity contribution in [3.8, 4) is 0 Å². The first-order chi connectivity index (χ1) is 15.9. The molecule has 0 aliphatic heterocycles. The molecule has 33 heavy (non-hydrogen) atoms. The molecule has 1 heterocycles. The fourth-order valence-corrected chi connectivity index (χ4v) is 4.64. The smallest absolute Gasteiger partial charge is 0.264 e. The number of hydrogen-bond donors (Lipinski definition) is 1. The quantitative estimate of drug-likeness (QED) is 0.435. The predicted molar refractivity (Wildman–Crippen MR) is 127 cm³/mol. The highest BCUT2D eigenvalue weighted by molar-refractivity contribution is 7.92. The van der Waals surface area contributed by atoms with E-state index in [4.69, 9.17) is 0 Å². The number of benzene rings is 3. The Morgan fingerprint density at radius 1 is 0.909 bits per heavy atom. The molecule has 0 spiro atoms. The van der Waals surface area contributed by atoms with Gasteiger partial charge in [-0.15, -0.1) is 0 Å². The van der Waals surface area contributed by atoms with Crippen LogP contribution < -0.4 is 9.62 Å². The predicted octanol–water partition coefficient (Wildman–Crippen LogP) is 3.69. The lowest BCUT2D eigenvalue weighted by atomic mass is 10.1. The molecule has 0 unspecified atom stereocenters. The van der Waals surface area contributed by atoms with E-state index in [9.17, 15) is 13.2 Å². The van der Waals surface area contributed by atoms with Gasteiger partial charge in [0.2, 0.25) is 0 Å². The van der Waals surface area contributed by atoms with Crippen LogP contribution in [0.4, 0.5) is 5.69 Å². The Morgan fingerprint density at radius 2 is 1.58 bits per heavy atom. The van der Waals surface area contributed by atoms with Crippen molar-refractivity contribution in [2.45, 2.75) is 18.0 Å². The molecule has 168 valence electrons. The molecule has 8 heteroatoms. The molecule has 4 rings (SSSR count). The molecule has 0 fully saturated rings. The van der Waals surface area contributed by atoms with Gasteiger partial charge in [-0.1, -0.05) is 42.5 Å². The molecule has 0 saturated heterocycles. The zero-order chi connectivity index (χ0) is 23.3. The van der Waals surface area contributed by atoms with Crippen LogP contribution in [0.5, 0.6) is 0 Å². The molecule has 0 bridgehead atoms. The van der Waals surface area contributed by atoms with Crippen molar-refractivity contribution >= 4 is 21.6 Å². The fourth-order valence-electron chi connectivity index (χ4n) is 3.44. The minimum Gasteiger partial charge on any atom is -0.348 e. The van der Waals surface area contributed by atoms with Crippen molar-refractivity contribution in [2.75, 3.05) is 11.4 Å². The lowest BCUT2D eigenvalue weighted by Crippen LogP contribution is -2.27. The average molecular weight is 461 g/mol. The summed E-state index contributed by atoms with van der Waals surface area (Å²) < 4.78 is 28.9. The standard InChI is InChI=1S/C25H24N4O3S/c1-28(23-10-3-2-4-11-23)33(31,32)24-14-12-20(13-15-24)25(30)26-18-21-8-5-6-9-22(21)19-29-17-7-16-27-29/h2-17H,18-19H2,1H3,(H,26,30). The molecule has 0 aliphatic carbocycles. The normalized spacial score (nSPS) is 11.2. The summed E-state index contributed by atoms with van der Waals surface area (Å²) in [7, 11) is -2.22. The molecular formula is C25H24N4O3S. The Kier molecular flexibility index (Phi) is 6.55. The first-order valence-corrected chi connectivity index (χ1v) is 11.9. The summed E-state index contributed by atoms with van der Waals surface area (Å²) in [6.07, 6.45) is 3.62. The number of aromatic nitrogens is 2. The van der Waals surface area contributed by atoms with Crippen LogP contribution in [0.15, 0.2) is 102 Å². The van der Waals surface area contributed by atoms with Gasteiger partial charge in [-0.25, -0.2) is 8.42 Å². The van der Waals surface area contributed by atoms with Crippen LogP contribution >= 0.6 is 0 Å². The lowest BCUT2D eigenvalue weighted by Gasteiger charge is -2.19. The highest BCUT2D eigenvalue weighted by Crippen LogP contribution is 2.22. The van der Waals surface area contributed by atoms with Crippen LogP contribution in [0.25, 0.3) is 0 Å². The number of para-hydroxylation sites is 1. The second-order valence-corrected chi connectivity index (χ2v) is 9.46. The molecule has 0 atom stereocenters. The maximum Gasteiger partial charge on any atom is 0.264 e. The Morgan fingerprint density at radius 3 is 2.24 bits per heavy atom. The van der Waals surface area contributed by atoms with E-state index in [2.05, 4.69) is 10.4 Å². The maximum absolute atomic E-state index is 12.9. The fraction of sp³-hybridized carbons (Fsp3) is 0.120. The third-order valence-electron chi connectivity index (χ3n) is 5.34. The van der Waals surface area contributed by atoms with E-state index >= 15 is 0 Å². The van der Waals surface area contributed by atoms with Crippen LogP contribution in [0.2, 0.25) is 0 Å². The summed E-state index contributed by atoms with van der Waals surface area (Å²) in [6.45, 7) is 0.966. The first-order valence-electron chi connectivity index (χ1n) is 10.4. The number of carbonyl (C=O) groups is 1. The molecule has 0 saturated carbocycles. The number of amides is 1. The maximum atomic E-state index is 12.9. The number of sulfonamides is 1. The number of carbonyl (C=O) groups excluding carboxylic acids is 1. The summed E-state index contributed by atoms with van der Waals surface area (Å²) >= 11 is 0. The lowest BCUT2D eigenvalue weighted by molar-refractivity contribution is 0.0950. The highest BCUT2D eigenvalue weighted by Gasteiger charge is 2.21. The molecule has 0 radical (unpaired) electrons. The van der Waals surface area contributed by atoms with E-state index in [0.717, 1.165) is 11.1 Å². The summed E-state index contributed by atoms with van der Waals surface area (Å²) in [4.78, 5) is 12.8. The Hall–Kier alpha value is -3.91. The summed E-state index contributed by atoms with van der Waals surface area (Å²) in [5, 5.41) is 7.15. The summed E-state index contributed by atoms with van der Waals surface area (Å²) in [6, 6.07) is 24.5. The second-order valence-electron chi connectivity index (χ2n) is 7.49. The van der Waals surface area contributed by atoms with Gasteiger partial charge in [-0.3, -0.25) is 13.8 Å². The topological polar surface area (TPSA) is 84.3 Å². The average Bonchev–Trinajstić information content (AvgIpc) is 3.36. The van der Waals surface area contributed by atoms with Gasteiger partial charge in [0.25, 0.3) is 15.9 Å². The van der Waals surface area contributed by atoms with Gasteiger partial charge in [0.05, 0.1) is 17.1 Å². The van der Waals surface area contributed by atoms with Gasteiger partial charge < -0.3 is 5.32 Å². The number of hydrogen-bond acceptors (Lipinski definition) is 4. The molecule has 1 N–H and O–H groups in total. The van der Waals surface area contributed by atoms with Gasteiger partial charge >= 0.3 is 0 Å². The minimum atomic E-state index is -3.73. The number of nitrogens with zero attached hydrogens (tertiary/aromatic N) is 3. The van der Waals surface area contributed by atoms with E-state index in [-0.39, 0.29) is 10.8 Å². The van der Waals surface area contributed by atoms with Crippen molar-refractivity contribution in [3.63, 3.8) is 0 Å². The van der Waals surface area contributed by atoms with Crippen LogP contribution in [0.1, 0.15) is 21.5 Å².